The van der Waals surface area contributed by atoms with Crippen molar-refractivity contribution in [2.75, 3.05) is 18.5 Å². The Morgan fingerprint density at radius 3 is 2.45 bits per heavy atom. The topological polar surface area (TPSA) is 72.0 Å². The van der Waals surface area contributed by atoms with Crippen LogP contribution in [0.2, 0.25) is 0 Å². The molecule has 20 heavy (non-hydrogen) atoms. The molecule has 0 unspecified atom stereocenters. The maximum absolute atomic E-state index is 11.3. The zero-order valence-electron chi connectivity index (χ0n) is 11.6. The van der Waals surface area contributed by atoms with Crippen LogP contribution in [0.5, 0.6) is 0 Å². The predicted octanol–water partition coefficient (Wildman–Crippen LogP) is -1.62. The molecule has 0 radical (unpaired) electrons. The SMILES string of the molecule is CC[NH2+]C(=O)Nc1ccc(/C=C/C(=O)OCC)cc1.[Cl-]. The second-order valence-electron chi connectivity index (χ2n) is 3.81. The van der Waals surface area contributed by atoms with Gasteiger partial charge in [-0.2, -0.15) is 0 Å². The molecule has 3 N–H and O–H groups in total. The maximum Gasteiger partial charge on any atom is 0.417 e. The number of anilines is 1. The lowest BCUT2D eigenvalue weighted by molar-refractivity contribution is -0.548. The summed E-state index contributed by atoms with van der Waals surface area (Å²) in [5, 5.41) is 4.32. The van der Waals surface area contributed by atoms with Crippen LogP contribution in [0.15, 0.2) is 30.3 Å². The predicted molar refractivity (Wildman–Crippen MR) is 73.6 cm³/mol. The summed E-state index contributed by atoms with van der Waals surface area (Å²) < 4.78 is 4.78. The van der Waals surface area contributed by atoms with Gasteiger partial charge in [0.2, 0.25) is 0 Å². The van der Waals surface area contributed by atoms with Crippen molar-refractivity contribution in [3.63, 3.8) is 0 Å². The molecule has 0 bridgehead atoms. The van der Waals surface area contributed by atoms with Crippen LogP contribution in [0.25, 0.3) is 6.08 Å². The van der Waals surface area contributed by atoms with Crippen molar-refractivity contribution in [3.8, 4) is 0 Å². The highest BCUT2D eigenvalue weighted by Crippen LogP contribution is 2.10. The lowest BCUT2D eigenvalue weighted by Crippen LogP contribution is -3.00. The number of hydrogen-bond acceptors (Lipinski definition) is 3. The maximum atomic E-state index is 11.3. The highest BCUT2D eigenvalue weighted by atomic mass is 35.5. The van der Waals surface area contributed by atoms with Gasteiger partial charge >= 0.3 is 12.0 Å². The van der Waals surface area contributed by atoms with Gasteiger partial charge < -0.3 is 17.1 Å². The molecule has 0 saturated heterocycles. The summed E-state index contributed by atoms with van der Waals surface area (Å²) in [5.41, 5.74) is 1.59. The van der Waals surface area contributed by atoms with Crippen LogP contribution >= 0.6 is 0 Å². The summed E-state index contributed by atoms with van der Waals surface area (Å²) in [5.74, 6) is -0.363. The minimum Gasteiger partial charge on any atom is -1.00 e. The van der Waals surface area contributed by atoms with E-state index in [4.69, 9.17) is 4.74 Å². The first-order valence-corrected chi connectivity index (χ1v) is 6.24. The van der Waals surface area contributed by atoms with Crippen molar-refractivity contribution in [1.29, 1.82) is 0 Å². The first-order chi connectivity index (χ1) is 9.15. The van der Waals surface area contributed by atoms with Gasteiger partial charge in [0, 0.05) is 11.8 Å². The number of esters is 1. The van der Waals surface area contributed by atoms with Crippen molar-refractivity contribution in [3.05, 3.63) is 35.9 Å². The number of halogens is 1. The van der Waals surface area contributed by atoms with Crippen LogP contribution in [-0.4, -0.2) is 25.2 Å². The number of nitrogens with two attached hydrogens (primary N) is 1. The molecule has 0 heterocycles. The molecular formula is C14H19ClN2O3. The Morgan fingerprint density at radius 2 is 1.90 bits per heavy atom. The third-order valence-electron chi connectivity index (χ3n) is 2.27. The van der Waals surface area contributed by atoms with Gasteiger partial charge in [-0.05, 0) is 37.6 Å². The largest absolute Gasteiger partial charge is 1.00 e. The summed E-state index contributed by atoms with van der Waals surface area (Å²) in [6.45, 7) is 4.73. The molecule has 1 aromatic carbocycles. The van der Waals surface area contributed by atoms with Gasteiger partial charge in [0.25, 0.3) is 0 Å². The van der Waals surface area contributed by atoms with E-state index in [9.17, 15) is 9.59 Å². The minimum absolute atomic E-state index is 0. The number of rotatable bonds is 5. The molecule has 0 spiro atoms. The van der Waals surface area contributed by atoms with Gasteiger partial charge in [0.1, 0.15) is 0 Å². The van der Waals surface area contributed by atoms with Gasteiger partial charge in [-0.3, -0.25) is 10.6 Å². The fourth-order valence-electron chi connectivity index (χ4n) is 1.41. The average molecular weight is 299 g/mol. The highest BCUT2D eigenvalue weighted by Gasteiger charge is 2.03. The Kier molecular flexibility index (Phi) is 9.07. The second kappa shape index (κ2) is 10.00. The number of carbonyl (C=O) groups excluding carboxylic acids is 2. The Balaban J connectivity index is 0.00000361. The molecule has 2 amide bonds. The summed E-state index contributed by atoms with van der Waals surface area (Å²) in [6.07, 6.45) is 3.05. The number of hydrogen-bond donors (Lipinski definition) is 2. The van der Waals surface area contributed by atoms with Crippen molar-refractivity contribution in [2.24, 2.45) is 0 Å². The zero-order chi connectivity index (χ0) is 14.1. The van der Waals surface area contributed by atoms with Crippen LogP contribution in [0.1, 0.15) is 19.4 Å². The number of quaternary nitrogens is 1. The molecule has 0 aliphatic heterocycles. The summed E-state index contributed by atoms with van der Waals surface area (Å²) in [6, 6.07) is 7.09. The van der Waals surface area contributed by atoms with Crippen molar-refractivity contribution in [2.45, 2.75) is 13.8 Å². The third-order valence-corrected chi connectivity index (χ3v) is 2.27. The van der Waals surface area contributed by atoms with Gasteiger partial charge in [-0.25, -0.2) is 9.59 Å². The molecule has 110 valence electrons. The normalized spacial score (nSPS) is 9.90. The van der Waals surface area contributed by atoms with E-state index in [1.54, 1.807) is 30.4 Å². The number of carbonyl (C=O) groups is 2. The van der Waals surface area contributed by atoms with Crippen molar-refractivity contribution in [1.82, 2.24) is 0 Å². The van der Waals surface area contributed by atoms with Crippen LogP contribution in [-0.2, 0) is 9.53 Å². The summed E-state index contributed by atoms with van der Waals surface area (Å²) in [4.78, 5) is 22.5. The van der Waals surface area contributed by atoms with Crippen LogP contribution in [0, 0.1) is 0 Å². The fourth-order valence-corrected chi connectivity index (χ4v) is 1.41. The molecule has 1 aromatic rings. The average Bonchev–Trinajstić information content (AvgIpc) is 2.38. The number of primary amides is 1. The number of ether oxygens (including phenoxy) is 1. The van der Waals surface area contributed by atoms with Gasteiger partial charge in [-0.15, -0.1) is 0 Å². The Morgan fingerprint density at radius 1 is 1.25 bits per heavy atom. The van der Waals surface area contributed by atoms with E-state index < -0.39 is 0 Å². The van der Waals surface area contributed by atoms with Crippen molar-refractivity contribution >= 4 is 23.8 Å². The number of nitrogens with one attached hydrogen (secondary N) is 1. The van der Waals surface area contributed by atoms with E-state index in [1.807, 2.05) is 19.1 Å². The van der Waals surface area contributed by atoms with Crippen LogP contribution in [0.4, 0.5) is 10.5 Å². The number of amides is 2. The van der Waals surface area contributed by atoms with E-state index in [0.717, 1.165) is 11.3 Å². The summed E-state index contributed by atoms with van der Waals surface area (Å²) in [7, 11) is 0. The van der Waals surface area contributed by atoms with E-state index in [-0.39, 0.29) is 24.4 Å². The minimum atomic E-state index is -0.363. The second-order valence-corrected chi connectivity index (χ2v) is 3.81. The number of urea groups is 1. The Hall–Kier alpha value is -1.85. The molecule has 1 rings (SSSR count). The van der Waals surface area contributed by atoms with Crippen LogP contribution in [0.3, 0.4) is 0 Å². The molecule has 0 fully saturated rings. The monoisotopic (exact) mass is 298 g/mol. The first-order valence-electron chi connectivity index (χ1n) is 6.24. The lowest BCUT2D eigenvalue weighted by atomic mass is 10.2. The molecule has 0 saturated carbocycles. The van der Waals surface area contributed by atoms with E-state index in [2.05, 4.69) is 5.32 Å². The highest BCUT2D eigenvalue weighted by molar-refractivity contribution is 5.87. The molecule has 0 aromatic heterocycles. The van der Waals surface area contributed by atoms with E-state index in [1.165, 1.54) is 6.08 Å². The lowest BCUT2D eigenvalue weighted by Gasteiger charge is -2.02. The van der Waals surface area contributed by atoms with Gasteiger partial charge in [-0.1, -0.05) is 12.1 Å². The van der Waals surface area contributed by atoms with Crippen LogP contribution < -0.4 is 23.0 Å². The molecular weight excluding hydrogens is 280 g/mol. The molecule has 0 aliphatic rings. The van der Waals surface area contributed by atoms with Crippen molar-refractivity contribution < 1.29 is 32.0 Å². The van der Waals surface area contributed by atoms with Gasteiger partial charge in [0.05, 0.1) is 13.2 Å². The Labute approximate surface area is 124 Å². The number of benzene rings is 1. The Bertz CT molecular complexity index is 458. The van der Waals surface area contributed by atoms with Gasteiger partial charge in [0.15, 0.2) is 0 Å². The zero-order valence-corrected chi connectivity index (χ0v) is 12.3. The third kappa shape index (κ3) is 6.92. The van der Waals surface area contributed by atoms with E-state index >= 15 is 0 Å². The fraction of sp³-hybridized carbons (Fsp3) is 0.286. The quantitative estimate of drug-likeness (QED) is 0.507. The molecule has 5 nitrogen and oxygen atoms in total. The molecule has 0 aliphatic carbocycles. The molecule has 6 heteroatoms. The van der Waals surface area contributed by atoms with E-state index in [0.29, 0.717) is 13.2 Å². The smallest absolute Gasteiger partial charge is 0.417 e. The first kappa shape index (κ1) is 18.1. The molecule has 0 atom stereocenters. The summed E-state index contributed by atoms with van der Waals surface area (Å²) >= 11 is 0. The standard InChI is InChI=1S/C14H18N2O3.ClH/c1-3-15-14(18)16-12-8-5-11(6-9-12)7-10-13(17)19-4-2;/h5-10H,3-4H2,1-2H3,(H2,15,16,18);1H/b10-7+;.